The molecule has 0 aliphatic heterocycles. The first-order valence-corrected chi connectivity index (χ1v) is 6.35. The summed E-state index contributed by atoms with van der Waals surface area (Å²) in [5.41, 5.74) is 0.796. The smallest absolute Gasteiger partial charge is 0.116 e. The Balaban J connectivity index is 2.33. The summed E-state index contributed by atoms with van der Waals surface area (Å²) < 4.78 is 0.673. The number of hydrogen-bond acceptors (Lipinski definition) is 3. The van der Waals surface area contributed by atoms with E-state index in [2.05, 4.69) is 0 Å². The molecule has 5 heteroatoms. The van der Waals surface area contributed by atoms with E-state index in [-0.39, 0.29) is 0 Å². The van der Waals surface area contributed by atoms with Crippen LogP contribution in [0.15, 0.2) is 22.9 Å². The number of thiophene rings is 2. The van der Waals surface area contributed by atoms with Crippen molar-refractivity contribution in [3.05, 3.63) is 42.7 Å². The number of hydrogen-bond donors (Lipinski definition) is 1. The zero-order chi connectivity index (χ0) is 10.1. The third-order valence-electron chi connectivity index (χ3n) is 1.80. The molecule has 2 aromatic heterocycles. The topological polar surface area (TPSA) is 20.2 Å². The van der Waals surface area contributed by atoms with Gasteiger partial charge in [0.15, 0.2) is 0 Å². The van der Waals surface area contributed by atoms with Gasteiger partial charge in [-0.2, -0.15) is 0 Å². The third kappa shape index (κ3) is 1.97. The van der Waals surface area contributed by atoms with Gasteiger partial charge in [-0.25, -0.2) is 0 Å². The van der Waals surface area contributed by atoms with E-state index in [1.54, 1.807) is 12.1 Å². The lowest BCUT2D eigenvalue weighted by molar-refractivity contribution is 0.225. The Morgan fingerprint density at radius 3 is 2.57 bits per heavy atom. The van der Waals surface area contributed by atoms with Crippen molar-refractivity contribution in [3.8, 4) is 0 Å². The van der Waals surface area contributed by atoms with Crippen LogP contribution in [0.3, 0.4) is 0 Å². The lowest BCUT2D eigenvalue weighted by Gasteiger charge is -2.06. The fourth-order valence-corrected chi connectivity index (χ4v) is 3.20. The zero-order valence-corrected chi connectivity index (χ0v) is 10.1. The highest BCUT2D eigenvalue weighted by molar-refractivity contribution is 7.14. The highest BCUT2D eigenvalue weighted by atomic mass is 35.5. The molecule has 0 amide bonds. The summed E-state index contributed by atoms with van der Waals surface area (Å²) in [6.07, 6.45) is -0.661. The van der Waals surface area contributed by atoms with Crippen LogP contribution in [-0.2, 0) is 0 Å². The van der Waals surface area contributed by atoms with E-state index in [1.807, 2.05) is 10.8 Å². The minimum absolute atomic E-state index is 0.602. The van der Waals surface area contributed by atoms with Crippen LogP contribution < -0.4 is 0 Å². The molecule has 1 atom stereocenters. The van der Waals surface area contributed by atoms with Crippen molar-refractivity contribution in [2.45, 2.75) is 6.10 Å². The monoisotopic (exact) mass is 264 g/mol. The van der Waals surface area contributed by atoms with Crippen molar-refractivity contribution in [1.82, 2.24) is 0 Å². The van der Waals surface area contributed by atoms with Crippen molar-refractivity contribution in [2.24, 2.45) is 0 Å². The normalized spacial score (nSPS) is 13.1. The molecule has 0 fully saturated rings. The maximum absolute atomic E-state index is 9.95. The largest absolute Gasteiger partial charge is 0.383 e. The molecule has 14 heavy (non-hydrogen) atoms. The summed E-state index contributed by atoms with van der Waals surface area (Å²) in [7, 11) is 0. The summed E-state index contributed by atoms with van der Waals surface area (Å²) in [6, 6.07) is 3.53. The molecule has 2 aromatic rings. The molecule has 2 rings (SSSR count). The Bertz CT molecular complexity index is 435. The van der Waals surface area contributed by atoms with Gasteiger partial charge in [0.2, 0.25) is 0 Å². The molecule has 0 aliphatic rings. The molecule has 1 nitrogen and oxygen atoms in total. The molecule has 0 aliphatic carbocycles. The predicted molar refractivity (Wildman–Crippen MR) is 62.7 cm³/mol. The lowest BCUT2D eigenvalue weighted by atomic mass is 10.2. The Morgan fingerprint density at radius 2 is 2.07 bits per heavy atom. The van der Waals surface area contributed by atoms with Gasteiger partial charge in [0, 0.05) is 0 Å². The van der Waals surface area contributed by atoms with Gasteiger partial charge in [-0.1, -0.05) is 23.2 Å². The van der Waals surface area contributed by atoms with E-state index in [0.717, 1.165) is 10.4 Å². The van der Waals surface area contributed by atoms with Gasteiger partial charge < -0.3 is 5.11 Å². The second-order valence-corrected chi connectivity index (χ2v) is 5.62. The van der Waals surface area contributed by atoms with E-state index in [0.29, 0.717) is 9.36 Å². The Morgan fingerprint density at radius 1 is 1.29 bits per heavy atom. The number of aliphatic hydroxyl groups excluding tert-OH is 1. The van der Waals surface area contributed by atoms with Crippen LogP contribution in [0.5, 0.6) is 0 Å². The van der Waals surface area contributed by atoms with Gasteiger partial charge in [-0.15, -0.1) is 22.7 Å². The van der Waals surface area contributed by atoms with Gasteiger partial charge in [-0.05, 0) is 28.5 Å². The molecule has 74 valence electrons. The average Bonchev–Trinajstić information content (AvgIpc) is 2.73. The third-order valence-corrected chi connectivity index (χ3v) is 4.32. The molecule has 1 unspecified atom stereocenters. The highest BCUT2D eigenvalue weighted by Crippen LogP contribution is 2.35. The maximum atomic E-state index is 9.95. The van der Waals surface area contributed by atoms with Crippen molar-refractivity contribution >= 4 is 45.9 Å². The lowest BCUT2D eigenvalue weighted by Crippen LogP contribution is -1.94. The molecule has 1 N–H and O–H groups in total. The summed E-state index contributed by atoms with van der Waals surface area (Å²) in [5, 5.41) is 14.2. The molecular formula is C9H6Cl2OS2. The van der Waals surface area contributed by atoms with E-state index < -0.39 is 6.10 Å². The van der Waals surface area contributed by atoms with Crippen molar-refractivity contribution in [1.29, 1.82) is 0 Å². The Labute approximate surface area is 99.5 Å². The molecule has 0 bridgehead atoms. The van der Waals surface area contributed by atoms with E-state index in [9.17, 15) is 5.11 Å². The van der Waals surface area contributed by atoms with Crippen LogP contribution in [0.4, 0.5) is 0 Å². The molecule has 0 spiro atoms. The highest BCUT2D eigenvalue weighted by Gasteiger charge is 2.16. The van der Waals surface area contributed by atoms with Gasteiger partial charge in [-0.3, -0.25) is 0 Å². The van der Waals surface area contributed by atoms with Crippen LogP contribution in [-0.4, -0.2) is 5.11 Å². The number of rotatable bonds is 2. The fourth-order valence-electron chi connectivity index (χ4n) is 1.12. The van der Waals surface area contributed by atoms with Crippen LogP contribution in [0.2, 0.25) is 9.36 Å². The van der Waals surface area contributed by atoms with Gasteiger partial charge >= 0.3 is 0 Å². The zero-order valence-electron chi connectivity index (χ0n) is 6.91. The van der Waals surface area contributed by atoms with Crippen molar-refractivity contribution in [2.75, 3.05) is 0 Å². The van der Waals surface area contributed by atoms with E-state index >= 15 is 0 Å². The van der Waals surface area contributed by atoms with Gasteiger partial charge in [0.1, 0.15) is 6.10 Å². The second kappa shape index (κ2) is 4.21. The molecule has 2 heterocycles. The molecule has 0 saturated carbocycles. The van der Waals surface area contributed by atoms with Crippen molar-refractivity contribution < 1.29 is 5.11 Å². The summed E-state index contributed by atoms with van der Waals surface area (Å²) in [6.45, 7) is 0. The SMILES string of the molecule is OC(c1csc(Cl)c1)c1sccc1Cl. The van der Waals surface area contributed by atoms with Crippen LogP contribution in [0.25, 0.3) is 0 Å². The number of aliphatic hydroxyl groups is 1. The fraction of sp³-hybridized carbons (Fsp3) is 0.111. The number of halogens is 2. The first-order valence-electron chi connectivity index (χ1n) is 3.83. The standard InChI is InChI=1S/C9H6Cl2OS2/c10-6-1-2-13-9(6)8(12)5-3-7(11)14-4-5/h1-4,8,12H. The minimum Gasteiger partial charge on any atom is -0.383 e. The summed E-state index contributed by atoms with van der Waals surface area (Å²) in [4.78, 5) is 0.765. The summed E-state index contributed by atoms with van der Waals surface area (Å²) >= 11 is 14.5. The van der Waals surface area contributed by atoms with E-state index in [1.165, 1.54) is 22.7 Å². The predicted octanol–water partition coefficient (Wildman–Crippen LogP) is 4.20. The van der Waals surface area contributed by atoms with E-state index in [4.69, 9.17) is 23.2 Å². The summed E-state index contributed by atoms with van der Waals surface area (Å²) in [5.74, 6) is 0. The second-order valence-electron chi connectivity index (χ2n) is 2.72. The Kier molecular flexibility index (Phi) is 3.14. The average molecular weight is 265 g/mol. The first-order chi connectivity index (χ1) is 6.68. The van der Waals surface area contributed by atoms with Gasteiger partial charge in [0.05, 0.1) is 14.2 Å². The molecule has 0 aromatic carbocycles. The Hall–Kier alpha value is -0.0600. The molecular weight excluding hydrogens is 259 g/mol. The first kappa shape index (κ1) is 10.5. The molecule has 0 saturated heterocycles. The van der Waals surface area contributed by atoms with Crippen LogP contribution in [0.1, 0.15) is 16.5 Å². The minimum atomic E-state index is -0.661. The van der Waals surface area contributed by atoms with Crippen LogP contribution in [0, 0.1) is 0 Å². The van der Waals surface area contributed by atoms with Crippen molar-refractivity contribution in [3.63, 3.8) is 0 Å². The van der Waals surface area contributed by atoms with Gasteiger partial charge in [0.25, 0.3) is 0 Å². The van der Waals surface area contributed by atoms with Crippen LogP contribution >= 0.6 is 45.9 Å². The molecule has 0 radical (unpaired) electrons. The quantitative estimate of drug-likeness (QED) is 0.862. The maximum Gasteiger partial charge on any atom is 0.116 e.